The van der Waals surface area contributed by atoms with Gasteiger partial charge in [-0.2, -0.15) is 0 Å². The lowest BCUT2D eigenvalue weighted by Crippen LogP contribution is -2.24. The fourth-order valence-electron chi connectivity index (χ4n) is 2.87. The zero-order valence-corrected chi connectivity index (χ0v) is 14.0. The van der Waals surface area contributed by atoms with Gasteiger partial charge in [0, 0.05) is 0 Å². The first kappa shape index (κ1) is 15.8. The highest BCUT2D eigenvalue weighted by Crippen LogP contribution is 2.52. The van der Waals surface area contributed by atoms with Gasteiger partial charge >= 0.3 is 5.97 Å². The van der Waals surface area contributed by atoms with Crippen LogP contribution in [0.3, 0.4) is 0 Å². The molecular formula is C20H22O3. The van der Waals surface area contributed by atoms with E-state index in [4.69, 9.17) is 9.47 Å². The maximum atomic E-state index is 12.4. The maximum Gasteiger partial charge on any atom is 0.339 e. The minimum atomic E-state index is -0.729. The standard InChI is InChI=1S/C20H22O3/c1-13(2)22-19(21)18-20(23-18,16-9-5-14(3)6-10-16)17-11-7-15(4)8-12-17/h5-13,18H,1-4H3. The molecule has 0 radical (unpaired) electrons. The van der Waals surface area contributed by atoms with Crippen molar-refractivity contribution in [2.24, 2.45) is 0 Å². The van der Waals surface area contributed by atoms with E-state index in [1.54, 1.807) is 0 Å². The number of hydrogen-bond donors (Lipinski definition) is 0. The molecule has 1 fully saturated rings. The summed E-state index contributed by atoms with van der Waals surface area (Å²) in [5.41, 5.74) is 3.59. The second-order valence-electron chi connectivity index (χ2n) is 6.45. The lowest BCUT2D eigenvalue weighted by atomic mass is 9.87. The van der Waals surface area contributed by atoms with E-state index in [9.17, 15) is 4.79 Å². The summed E-state index contributed by atoms with van der Waals surface area (Å²) < 4.78 is 11.3. The highest BCUT2D eigenvalue weighted by Gasteiger charge is 2.64. The van der Waals surface area contributed by atoms with Crippen molar-refractivity contribution in [2.75, 3.05) is 0 Å². The van der Waals surface area contributed by atoms with Crippen molar-refractivity contribution in [3.05, 3.63) is 70.8 Å². The highest BCUT2D eigenvalue weighted by molar-refractivity contribution is 5.81. The lowest BCUT2D eigenvalue weighted by molar-refractivity contribution is -0.148. The van der Waals surface area contributed by atoms with E-state index in [0.717, 1.165) is 11.1 Å². The molecule has 0 aliphatic carbocycles. The van der Waals surface area contributed by atoms with Crippen molar-refractivity contribution < 1.29 is 14.3 Å². The van der Waals surface area contributed by atoms with Crippen molar-refractivity contribution in [3.8, 4) is 0 Å². The third kappa shape index (κ3) is 2.89. The molecule has 1 unspecified atom stereocenters. The van der Waals surface area contributed by atoms with Crippen LogP contribution >= 0.6 is 0 Å². The zero-order valence-electron chi connectivity index (χ0n) is 14.0. The van der Waals surface area contributed by atoms with Gasteiger partial charge in [0.25, 0.3) is 0 Å². The molecule has 0 amide bonds. The molecule has 1 atom stereocenters. The quantitative estimate of drug-likeness (QED) is 0.635. The average Bonchev–Trinajstić information content (AvgIpc) is 3.25. The van der Waals surface area contributed by atoms with Crippen LogP contribution in [0.25, 0.3) is 0 Å². The summed E-state index contributed by atoms with van der Waals surface area (Å²) in [7, 11) is 0. The summed E-state index contributed by atoms with van der Waals surface area (Å²) in [6, 6.07) is 16.3. The van der Waals surface area contributed by atoms with E-state index in [2.05, 4.69) is 0 Å². The Morgan fingerprint density at radius 2 is 1.39 bits per heavy atom. The number of ether oxygens (including phenoxy) is 2. The van der Waals surface area contributed by atoms with Crippen LogP contribution in [0.4, 0.5) is 0 Å². The first-order valence-corrected chi connectivity index (χ1v) is 7.96. The molecule has 3 rings (SSSR count). The third-order valence-electron chi connectivity index (χ3n) is 4.14. The number of carbonyl (C=O) groups is 1. The Morgan fingerprint density at radius 3 is 1.78 bits per heavy atom. The van der Waals surface area contributed by atoms with Crippen molar-refractivity contribution in [2.45, 2.75) is 45.5 Å². The molecule has 2 aromatic carbocycles. The van der Waals surface area contributed by atoms with Crippen molar-refractivity contribution in [1.82, 2.24) is 0 Å². The van der Waals surface area contributed by atoms with Gasteiger partial charge in [-0.15, -0.1) is 0 Å². The summed E-state index contributed by atoms with van der Waals surface area (Å²) in [6.45, 7) is 7.78. The Hall–Kier alpha value is -2.13. The summed E-state index contributed by atoms with van der Waals surface area (Å²) in [6.07, 6.45) is -0.740. The Kier molecular flexibility index (Phi) is 3.99. The van der Waals surface area contributed by atoms with Crippen LogP contribution in [0.15, 0.2) is 48.5 Å². The van der Waals surface area contributed by atoms with E-state index in [0.29, 0.717) is 0 Å². The number of carbonyl (C=O) groups excluding carboxylic acids is 1. The van der Waals surface area contributed by atoms with Crippen LogP contribution in [-0.4, -0.2) is 18.2 Å². The lowest BCUT2D eigenvalue weighted by Gasteiger charge is -2.15. The van der Waals surface area contributed by atoms with Gasteiger partial charge in [0.2, 0.25) is 0 Å². The van der Waals surface area contributed by atoms with Gasteiger partial charge in [-0.05, 0) is 38.8 Å². The minimum absolute atomic E-state index is 0.152. The van der Waals surface area contributed by atoms with Gasteiger partial charge in [-0.25, -0.2) is 4.79 Å². The number of hydrogen-bond acceptors (Lipinski definition) is 3. The van der Waals surface area contributed by atoms with Gasteiger partial charge in [0.05, 0.1) is 6.10 Å². The van der Waals surface area contributed by atoms with Crippen molar-refractivity contribution in [3.63, 3.8) is 0 Å². The molecule has 0 aromatic heterocycles. The first-order chi connectivity index (χ1) is 10.9. The van der Waals surface area contributed by atoms with Crippen LogP contribution in [0.1, 0.15) is 36.1 Å². The number of epoxide rings is 1. The number of esters is 1. The monoisotopic (exact) mass is 310 g/mol. The Morgan fingerprint density at radius 1 is 0.957 bits per heavy atom. The van der Waals surface area contributed by atoms with Gasteiger partial charge in [0.15, 0.2) is 11.7 Å². The molecule has 1 saturated heterocycles. The molecule has 0 saturated carbocycles. The summed E-state index contributed by atoms with van der Waals surface area (Å²) in [5.74, 6) is -0.304. The molecule has 1 heterocycles. The fraction of sp³-hybridized carbons (Fsp3) is 0.350. The van der Waals surface area contributed by atoms with Crippen LogP contribution < -0.4 is 0 Å². The molecule has 1 aliphatic heterocycles. The molecule has 0 bridgehead atoms. The van der Waals surface area contributed by atoms with Gasteiger partial charge in [0.1, 0.15) is 0 Å². The molecule has 0 spiro atoms. The van der Waals surface area contributed by atoms with Crippen LogP contribution in [0.2, 0.25) is 0 Å². The summed E-state index contributed by atoms with van der Waals surface area (Å²) in [4.78, 5) is 12.4. The fourth-order valence-corrected chi connectivity index (χ4v) is 2.87. The van der Waals surface area contributed by atoms with E-state index in [-0.39, 0.29) is 12.1 Å². The predicted octanol–water partition coefficient (Wildman–Crippen LogP) is 3.90. The Bertz CT molecular complexity index is 653. The van der Waals surface area contributed by atoms with Crippen LogP contribution in [-0.2, 0) is 19.9 Å². The highest BCUT2D eigenvalue weighted by atomic mass is 16.7. The Labute approximate surface area is 137 Å². The smallest absolute Gasteiger partial charge is 0.339 e. The van der Waals surface area contributed by atoms with Crippen LogP contribution in [0, 0.1) is 13.8 Å². The number of aryl methyl sites for hydroxylation is 2. The second kappa shape index (κ2) is 5.82. The van der Waals surface area contributed by atoms with E-state index in [1.807, 2.05) is 76.2 Å². The molecule has 3 heteroatoms. The Balaban J connectivity index is 2.00. The molecule has 2 aromatic rings. The SMILES string of the molecule is Cc1ccc(C2(c3ccc(C)cc3)OC2C(=O)OC(C)C)cc1. The molecule has 120 valence electrons. The molecular weight excluding hydrogens is 288 g/mol. The van der Waals surface area contributed by atoms with Crippen molar-refractivity contribution in [1.29, 1.82) is 0 Å². The van der Waals surface area contributed by atoms with Crippen LogP contribution in [0.5, 0.6) is 0 Å². The second-order valence-corrected chi connectivity index (χ2v) is 6.45. The zero-order chi connectivity index (χ0) is 16.6. The van der Waals surface area contributed by atoms with E-state index >= 15 is 0 Å². The average molecular weight is 310 g/mol. The minimum Gasteiger partial charge on any atom is -0.461 e. The molecule has 0 N–H and O–H groups in total. The summed E-state index contributed by atoms with van der Waals surface area (Å²) in [5, 5.41) is 0. The van der Waals surface area contributed by atoms with Gasteiger partial charge in [-0.3, -0.25) is 0 Å². The number of benzene rings is 2. The molecule has 3 nitrogen and oxygen atoms in total. The molecule has 23 heavy (non-hydrogen) atoms. The van der Waals surface area contributed by atoms with Gasteiger partial charge < -0.3 is 9.47 Å². The predicted molar refractivity (Wildman–Crippen MR) is 89.2 cm³/mol. The van der Waals surface area contributed by atoms with E-state index < -0.39 is 11.7 Å². The third-order valence-corrected chi connectivity index (χ3v) is 4.14. The summed E-state index contributed by atoms with van der Waals surface area (Å²) >= 11 is 0. The maximum absolute atomic E-state index is 12.4. The number of rotatable bonds is 4. The topological polar surface area (TPSA) is 38.8 Å². The van der Waals surface area contributed by atoms with E-state index in [1.165, 1.54) is 11.1 Å². The van der Waals surface area contributed by atoms with Gasteiger partial charge in [-0.1, -0.05) is 59.7 Å². The normalized spacial score (nSPS) is 18.7. The largest absolute Gasteiger partial charge is 0.461 e. The van der Waals surface area contributed by atoms with Crippen molar-refractivity contribution >= 4 is 5.97 Å². The first-order valence-electron chi connectivity index (χ1n) is 7.96. The molecule has 1 aliphatic rings.